The number of ether oxygens (including phenoxy) is 1. The molecule has 0 saturated carbocycles. The van der Waals surface area contributed by atoms with Gasteiger partial charge in [-0.15, -0.1) is 11.3 Å². The minimum absolute atomic E-state index is 0.138. The average Bonchev–Trinajstić information content (AvgIpc) is 3.02. The minimum atomic E-state index is -0.375. The van der Waals surface area contributed by atoms with Crippen LogP contribution >= 0.6 is 11.3 Å². The van der Waals surface area contributed by atoms with Crippen LogP contribution in [-0.4, -0.2) is 26.0 Å². The Morgan fingerprint density at radius 2 is 1.85 bits per heavy atom. The highest BCUT2D eigenvalue weighted by Gasteiger charge is 2.20. The van der Waals surface area contributed by atoms with Crippen LogP contribution in [-0.2, 0) is 11.3 Å². The molecule has 7 heteroatoms. The number of amides is 2. The van der Waals surface area contributed by atoms with Gasteiger partial charge in [-0.3, -0.25) is 9.59 Å². The van der Waals surface area contributed by atoms with Crippen molar-refractivity contribution in [1.82, 2.24) is 5.32 Å². The molecule has 26 heavy (non-hydrogen) atoms. The van der Waals surface area contributed by atoms with E-state index in [1.165, 1.54) is 24.5 Å². The van der Waals surface area contributed by atoms with Crippen LogP contribution in [0.2, 0.25) is 0 Å². The molecule has 5 nitrogen and oxygen atoms in total. The van der Waals surface area contributed by atoms with Crippen LogP contribution in [0.1, 0.15) is 25.6 Å². The van der Waals surface area contributed by atoms with Crippen molar-refractivity contribution in [2.24, 2.45) is 0 Å². The summed E-state index contributed by atoms with van der Waals surface area (Å²) in [6.07, 6.45) is 0. The second kappa shape index (κ2) is 7.63. The molecule has 0 saturated heterocycles. The number of fused-ring (bicyclic) bond motifs is 1. The molecule has 0 aliphatic carbocycles. The lowest BCUT2D eigenvalue weighted by molar-refractivity contribution is 0.0962. The highest BCUT2D eigenvalue weighted by molar-refractivity contribution is 7.21. The Hall–Kier alpha value is -2.77. The molecule has 0 bridgehead atoms. The molecule has 0 aliphatic heterocycles. The number of hydrogen-bond donors (Lipinski definition) is 2. The largest absolute Gasteiger partial charge is 0.380 e. The third-order valence-electron chi connectivity index (χ3n) is 3.89. The highest BCUT2D eigenvalue weighted by Crippen LogP contribution is 2.34. The fourth-order valence-corrected chi connectivity index (χ4v) is 3.79. The summed E-state index contributed by atoms with van der Waals surface area (Å²) in [5, 5.41) is 5.73. The zero-order valence-corrected chi connectivity index (χ0v) is 15.1. The maximum Gasteiger partial charge on any atom is 0.266 e. The Labute approximate surface area is 153 Å². The van der Waals surface area contributed by atoms with Crippen LogP contribution in [0.15, 0.2) is 42.5 Å². The Kier molecular flexibility index (Phi) is 5.29. The molecule has 3 rings (SSSR count). The van der Waals surface area contributed by atoms with Gasteiger partial charge in [0.25, 0.3) is 11.8 Å². The molecule has 0 unspecified atom stereocenters. The Bertz CT molecular complexity index is 967. The number of benzene rings is 2. The molecule has 0 fully saturated rings. The summed E-state index contributed by atoms with van der Waals surface area (Å²) in [6, 6.07) is 11.3. The molecule has 2 N–H and O–H groups in total. The molecule has 2 aromatic carbocycles. The number of carbonyl (C=O) groups excluding carboxylic acids is 2. The fraction of sp³-hybridized carbons (Fsp3) is 0.158. The first-order valence-electron chi connectivity index (χ1n) is 7.87. The standard InChI is InChI=1S/C19H17FN2O3S/c1-21-18(23)11-6-8-12(9-7-11)22-19(24)17-13(10-25-2)16-14(20)4-3-5-15(16)26-17/h3-9H,10H2,1-2H3,(H,21,23)(H,22,24). The molecular formula is C19H17FN2O3S. The number of rotatable bonds is 5. The van der Waals surface area contributed by atoms with Crippen molar-refractivity contribution in [1.29, 1.82) is 0 Å². The van der Waals surface area contributed by atoms with Crippen molar-refractivity contribution in [3.8, 4) is 0 Å². The molecular weight excluding hydrogens is 355 g/mol. The Balaban J connectivity index is 1.91. The van der Waals surface area contributed by atoms with E-state index in [1.807, 2.05) is 0 Å². The lowest BCUT2D eigenvalue weighted by atomic mass is 10.1. The zero-order chi connectivity index (χ0) is 18.7. The second-order valence-electron chi connectivity index (χ2n) is 5.57. The summed E-state index contributed by atoms with van der Waals surface area (Å²) in [5.74, 6) is -0.921. The molecule has 0 atom stereocenters. The van der Waals surface area contributed by atoms with Crippen molar-refractivity contribution in [3.63, 3.8) is 0 Å². The molecule has 1 heterocycles. The smallest absolute Gasteiger partial charge is 0.266 e. The van der Waals surface area contributed by atoms with E-state index in [9.17, 15) is 14.0 Å². The van der Waals surface area contributed by atoms with Gasteiger partial charge < -0.3 is 15.4 Å². The molecule has 134 valence electrons. The number of anilines is 1. The van der Waals surface area contributed by atoms with Crippen LogP contribution in [0.4, 0.5) is 10.1 Å². The van der Waals surface area contributed by atoms with Gasteiger partial charge in [-0.1, -0.05) is 6.07 Å². The van der Waals surface area contributed by atoms with Gasteiger partial charge in [0, 0.05) is 41.1 Å². The minimum Gasteiger partial charge on any atom is -0.380 e. The van der Waals surface area contributed by atoms with Crippen LogP contribution in [0.5, 0.6) is 0 Å². The van der Waals surface area contributed by atoms with Crippen molar-refractivity contribution in [3.05, 3.63) is 64.3 Å². The zero-order valence-electron chi connectivity index (χ0n) is 14.3. The highest BCUT2D eigenvalue weighted by atomic mass is 32.1. The van der Waals surface area contributed by atoms with E-state index in [0.717, 1.165) is 0 Å². The predicted octanol–water partition coefficient (Wildman–Crippen LogP) is 3.80. The number of methoxy groups -OCH3 is 1. The maximum absolute atomic E-state index is 14.2. The first-order valence-corrected chi connectivity index (χ1v) is 8.69. The number of hydrogen-bond acceptors (Lipinski definition) is 4. The number of nitrogens with one attached hydrogen (secondary N) is 2. The van der Waals surface area contributed by atoms with Crippen LogP contribution in [0.3, 0.4) is 0 Å². The van der Waals surface area contributed by atoms with E-state index < -0.39 is 0 Å². The fourth-order valence-electron chi connectivity index (χ4n) is 2.67. The molecule has 2 amide bonds. The first-order chi connectivity index (χ1) is 12.5. The summed E-state index contributed by atoms with van der Waals surface area (Å²) >= 11 is 1.22. The number of thiophene rings is 1. The lowest BCUT2D eigenvalue weighted by Crippen LogP contribution is -2.18. The van der Waals surface area contributed by atoms with Gasteiger partial charge >= 0.3 is 0 Å². The van der Waals surface area contributed by atoms with E-state index in [0.29, 0.717) is 31.8 Å². The average molecular weight is 372 g/mol. The normalized spacial score (nSPS) is 10.7. The van der Waals surface area contributed by atoms with Crippen molar-refractivity contribution in [2.45, 2.75) is 6.61 Å². The van der Waals surface area contributed by atoms with E-state index in [1.54, 1.807) is 43.4 Å². The van der Waals surface area contributed by atoms with Crippen LogP contribution in [0.25, 0.3) is 10.1 Å². The Morgan fingerprint density at radius 1 is 1.12 bits per heavy atom. The van der Waals surface area contributed by atoms with E-state index in [-0.39, 0.29) is 24.2 Å². The monoisotopic (exact) mass is 372 g/mol. The molecule has 1 aromatic heterocycles. The van der Waals surface area contributed by atoms with Gasteiger partial charge in [-0.2, -0.15) is 0 Å². The van der Waals surface area contributed by atoms with Crippen molar-refractivity contribution in [2.75, 3.05) is 19.5 Å². The third kappa shape index (κ3) is 3.44. The molecule has 0 radical (unpaired) electrons. The van der Waals surface area contributed by atoms with Crippen molar-refractivity contribution >= 4 is 38.9 Å². The second-order valence-corrected chi connectivity index (χ2v) is 6.62. The Morgan fingerprint density at radius 3 is 2.50 bits per heavy atom. The van der Waals surface area contributed by atoms with Crippen molar-refractivity contribution < 1.29 is 18.7 Å². The summed E-state index contributed by atoms with van der Waals surface area (Å²) in [6.45, 7) is 0.138. The summed E-state index contributed by atoms with van der Waals surface area (Å²) in [7, 11) is 3.06. The van der Waals surface area contributed by atoms with Gasteiger partial charge in [0.1, 0.15) is 5.82 Å². The van der Waals surface area contributed by atoms with Gasteiger partial charge in [0.2, 0.25) is 0 Å². The quantitative estimate of drug-likeness (QED) is 0.716. The third-order valence-corrected chi connectivity index (χ3v) is 5.09. The predicted molar refractivity (Wildman–Crippen MR) is 100 cm³/mol. The summed E-state index contributed by atoms with van der Waals surface area (Å²) in [4.78, 5) is 24.7. The molecule has 3 aromatic rings. The first kappa shape index (κ1) is 18.0. The number of halogens is 1. The lowest BCUT2D eigenvalue weighted by Gasteiger charge is -2.07. The van der Waals surface area contributed by atoms with Crippen LogP contribution in [0, 0.1) is 5.82 Å². The SMILES string of the molecule is CNC(=O)c1ccc(NC(=O)c2sc3cccc(F)c3c2COC)cc1. The van der Waals surface area contributed by atoms with E-state index >= 15 is 0 Å². The summed E-state index contributed by atoms with van der Waals surface area (Å²) in [5.41, 5.74) is 1.57. The molecule has 0 aliphatic rings. The molecule has 0 spiro atoms. The van der Waals surface area contributed by atoms with Gasteiger partial charge in [-0.05, 0) is 36.4 Å². The van der Waals surface area contributed by atoms with Crippen LogP contribution < -0.4 is 10.6 Å². The summed E-state index contributed by atoms with van der Waals surface area (Å²) < 4.78 is 20.1. The number of carbonyl (C=O) groups is 2. The van der Waals surface area contributed by atoms with Gasteiger partial charge in [-0.25, -0.2) is 4.39 Å². The maximum atomic E-state index is 14.2. The van der Waals surface area contributed by atoms with Gasteiger partial charge in [0.15, 0.2) is 0 Å². The topological polar surface area (TPSA) is 67.4 Å². The van der Waals surface area contributed by atoms with E-state index in [4.69, 9.17) is 4.74 Å². The van der Waals surface area contributed by atoms with E-state index in [2.05, 4.69) is 10.6 Å². The van der Waals surface area contributed by atoms with Gasteiger partial charge in [0.05, 0.1) is 11.5 Å².